The van der Waals surface area contributed by atoms with E-state index in [0.29, 0.717) is 0 Å². The molecule has 2 fully saturated rings. The Balaban J connectivity index is 1.81. The molecule has 3 heteroatoms. The first-order valence-electron chi connectivity index (χ1n) is 6.01. The van der Waals surface area contributed by atoms with E-state index >= 15 is 0 Å². The number of nitrogens with zero attached hydrogens (tertiary/aromatic N) is 1. The first-order chi connectivity index (χ1) is 6.79. The highest BCUT2D eigenvalue weighted by Crippen LogP contribution is 2.19. The lowest BCUT2D eigenvalue weighted by Crippen LogP contribution is -2.56. The van der Waals surface area contributed by atoms with Crippen LogP contribution in [-0.2, 0) is 0 Å². The van der Waals surface area contributed by atoms with Crippen molar-refractivity contribution in [2.45, 2.75) is 37.6 Å². The zero-order valence-electron chi connectivity index (χ0n) is 9.10. The zero-order valence-corrected chi connectivity index (χ0v) is 9.10. The van der Waals surface area contributed by atoms with Crippen molar-refractivity contribution in [2.24, 2.45) is 5.73 Å². The van der Waals surface area contributed by atoms with Crippen molar-refractivity contribution in [1.29, 1.82) is 0 Å². The summed E-state index contributed by atoms with van der Waals surface area (Å²) in [4.78, 5) is 2.56. The lowest BCUT2D eigenvalue weighted by molar-refractivity contribution is 0.155. The van der Waals surface area contributed by atoms with Gasteiger partial charge in [0.2, 0.25) is 0 Å². The number of hydrogen-bond donors (Lipinski definition) is 2. The van der Waals surface area contributed by atoms with Gasteiger partial charge < -0.3 is 16.0 Å². The van der Waals surface area contributed by atoms with Crippen LogP contribution in [0.15, 0.2) is 0 Å². The fraction of sp³-hybridized carbons (Fsp3) is 1.00. The molecular formula is C11H23N3. The van der Waals surface area contributed by atoms with Crippen molar-refractivity contribution in [3.05, 3.63) is 0 Å². The minimum absolute atomic E-state index is 0.0998. The van der Waals surface area contributed by atoms with Crippen molar-refractivity contribution >= 4 is 0 Å². The first kappa shape index (κ1) is 10.4. The summed E-state index contributed by atoms with van der Waals surface area (Å²) in [6.07, 6.45) is 6.44. The van der Waals surface area contributed by atoms with Crippen LogP contribution in [0.4, 0.5) is 0 Å². The average Bonchev–Trinajstić information content (AvgIpc) is 2.19. The third-order valence-corrected chi connectivity index (χ3v) is 3.59. The van der Waals surface area contributed by atoms with Gasteiger partial charge in [-0.1, -0.05) is 6.42 Å². The molecule has 0 amide bonds. The van der Waals surface area contributed by atoms with Gasteiger partial charge in [0.15, 0.2) is 0 Å². The molecule has 2 saturated heterocycles. The molecule has 2 heterocycles. The predicted molar refractivity (Wildman–Crippen MR) is 59.3 cm³/mol. The Morgan fingerprint density at radius 3 is 2.36 bits per heavy atom. The van der Waals surface area contributed by atoms with Crippen LogP contribution < -0.4 is 11.1 Å². The highest BCUT2D eigenvalue weighted by molar-refractivity contribution is 4.92. The molecule has 2 rings (SSSR count). The summed E-state index contributed by atoms with van der Waals surface area (Å²) in [6, 6.07) is 0. The molecule has 0 spiro atoms. The Kier molecular flexibility index (Phi) is 3.42. The number of nitrogens with one attached hydrogen (secondary N) is 1. The summed E-state index contributed by atoms with van der Waals surface area (Å²) in [5.74, 6) is 0. The van der Waals surface area contributed by atoms with Crippen molar-refractivity contribution in [3.8, 4) is 0 Å². The quantitative estimate of drug-likeness (QED) is 0.679. The van der Waals surface area contributed by atoms with Gasteiger partial charge >= 0.3 is 0 Å². The van der Waals surface area contributed by atoms with E-state index in [9.17, 15) is 0 Å². The maximum Gasteiger partial charge on any atom is 0.0307 e. The van der Waals surface area contributed by atoms with E-state index in [-0.39, 0.29) is 5.54 Å². The third kappa shape index (κ3) is 2.69. The molecule has 2 aliphatic heterocycles. The third-order valence-electron chi connectivity index (χ3n) is 3.59. The van der Waals surface area contributed by atoms with Gasteiger partial charge in [-0.05, 0) is 51.9 Å². The van der Waals surface area contributed by atoms with Crippen LogP contribution in [0.2, 0.25) is 0 Å². The van der Waals surface area contributed by atoms with Gasteiger partial charge in [0.1, 0.15) is 0 Å². The fourth-order valence-corrected chi connectivity index (χ4v) is 2.65. The van der Waals surface area contributed by atoms with Crippen LogP contribution in [0.3, 0.4) is 0 Å². The molecule has 14 heavy (non-hydrogen) atoms. The summed E-state index contributed by atoms with van der Waals surface area (Å²) in [5.41, 5.74) is 6.51. The van der Waals surface area contributed by atoms with Crippen LogP contribution in [0, 0.1) is 0 Å². The fourth-order valence-electron chi connectivity index (χ4n) is 2.65. The number of rotatable bonds is 2. The second-order valence-electron chi connectivity index (χ2n) is 4.95. The molecule has 0 aromatic heterocycles. The second-order valence-corrected chi connectivity index (χ2v) is 4.95. The van der Waals surface area contributed by atoms with Crippen molar-refractivity contribution in [1.82, 2.24) is 10.2 Å². The first-order valence-corrected chi connectivity index (χ1v) is 6.01. The lowest BCUT2D eigenvalue weighted by Gasteiger charge is -2.39. The number of likely N-dealkylation sites (tertiary alicyclic amines) is 1. The van der Waals surface area contributed by atoms with Crippen molar-refractivity contribution in [2.75, 3.05) is 32.7 Å². The molecule has 0 saturated carbocycles. The number of hydrogen-bond acceptors (Lipinski definition) is 3. The Labute approximate surface area is 87.0 Å². The van der Waals surface area contributed by atoms with Crippen LogP contribution in [0.1, 0.15) is 32.1 Å². The van der Waals surface area contributed by atoms with Crippen LogP contribution >= 0.6 is 0 Å². The average molecular weight is 197 g/mol. The maximum absolute atomic E-state index is 6.41. The van der Waals surface area contributed by atoms with Gasteiger partial charge in [-0.3, -0.25) is 0 Å². The normalized spacial score (nSPS) is 28.9. The van der Waals surface area contributed by atoms with E-state index in [1.165, 1.54) is 32.4 Å². The van der Waals surface area contributed by atoms with Crippen molar-refractivity contribution < 1.29 is 0 Å². The second kappa shape index (κ2) is 4.60. The summed E-state index contributed by atoms with van der Waals surface area (Å²) in [6.45, 7) is 5.86. The Hall–Kier alpha value is -0.120. The Bertz CT molecular complexity index is 169. The van der Waals surface area contributed by atoms with Gasteiger partial charge in [-0.25, -0.2) is 0 Å². The minimum Gasteiger partial charge on any atom is -0.324 e. The van der Waals surface area contributed by atoms with Gasteiger partial charge in [-0.2, -0.15) is 0 Å². The van der Waals surface area contributed by atoms with Crippen LogP contribution in [-0.4, -0.2) is 43.2 Å². The van der Waals surface area contributed by atoms with E-state index < -0.39 is 0 Å². The molecule has 0 aromatic rings. The summed E-state index contributed by atoms with van der Waals surface area (Å²) in [5, 5.41) is 3.38. The largest absolute Gasteiger partial charge is 0.324 e. The Morgan fingerprint density at radius 2 is 1.71 bits per heavy atom. The highest BCUT2D eigenvalue weighted by atomic mass is 15.2. The number of piperidine rings is 2. The summed E-state index contributed by atoms with van der Waals surface area (Å²) in [7, 11) is 0. The van der Waals surface area contributed by atoms with E-state index in [2.05, 4.69) is 10.2 Å². The summed E-state index contributed by atoms with van der Waals surface area (Å²) < 4.78 is 0. The maximum atomic E-state index is 6.41. The zero-order chi connectivity index (χ0) is 9.86. The topological polar surface area (TPSA) is 41.3 Å². The van der Waals surface area contributed by atoms with E-state index in [0.717, 1.165) is 32.5 Å². The van der Waals surface area contributed by atoms with Gasteiger partial charge in [-0.15, -0.1) is 0 Å². The standard InChI is InChI=1S/C11H23N3/c12-11(4-6-13-7-5-11)10-14-8-2-1-3-9-14/h13H,1-10,12H2. The van der Waals surface area contributed by atoms with E-state index in [4.69, 9.17) is 5.73 Å². The van der Waals surface area contributed by atoms with E-state index in [1.807, 2.05) is 0 Å². The van der Waals surface area contributed by atoms with E-state index in [1.54, 1.807) is 0 Å². The minimum atomic E-state index is 0.0998. The molecule has 82 valence electrons. The molecule has 3 N–H and O–H groups in total. The molecule has 0 unspecified atom stereocenters. The van der Waals surface area contributed by atoms with Gasteiger partial charge in [0.25, 0.3) is 0 Å². The Morgan fingerprint density at radius 1 is 1.07 bits per heavy atom. The molecule has 3 nitrogen and oxygen atoms in total. The van der Waals surface area contributed by atoms with Crippen LogP contribution in [0.5, 0.6) is 0 Å². The monoisotopic (exact) mass is 197 g/mol. The van der Waals surface area contributed by atoms with Gasteiger partial charge in [0, 0.05) is 12.1 Å². The smallest absolute Gasteiger partial charge is 0.0307 e. The molecule has 0 radical (unpaired) electrons. The van der Waals surface area contributed by atoms with Crippen LogP contribution in [0.25, 0.3) is 0 Å². The number of nitrogens with two attached hydrogens (primary N) is 1. The SMILES string of the molecule is NC1(CN2CCCCC2)CCNCC1. The predicted octanol–water partition coefficient (Wildman–Crippen LogP) is 0.553. The molecule has 0 atom stereocenters. The highest BCUT2D eigenvalue weighted by Gasteiger charge is 2.29. The molecule has 2 aliphatic rings. The van der Waals surface area contributed by atoms with Gasteiger partial charge in [0.05, 0.1) is 0 Å². The summed E-state index contributed by atoms with van der Waals surface area (Å²) >= 11 is 0. The molecule has 0 bridgehead atoms. The van der Waals surface area contributed by atoms with Crippen molar-refractivity contribution in [3.63, 3.8) is 0 Å². The molecule has 0 aliphatic carbocycles. The molecular weight excluding hydrogens is 174 g/mol. The lowest BCUT2D eigenvalue weighted by atomic mass is 9.88. The molecule has 0 aromatic carbocycles.